The summed E-state index contributed by atoms with van der Waals surface area (Å²) < 4.78 is 6.21. The molecule has 0 unspecified atom stereocenters. The van der Waals surface area contributed by atoms with Crippen LogP contribution in [0.1, 0.15) is 41.7 Å². The van der Waals surface area contributed by atoms with E-state index in [4.69, 9.17) is 4.74 Å². The van der Waals surface area contributed by atoms with Crippen LogP contribution in [0.3, 0.4) is 0 Å². The van der Waals surface area contributed by atoms with Crippen molar-refractivity contribution in [3.63, 3.8) is 0 Å². The molecule has 0 spiro atoms. The lowest BCUT2D eigenvalue weighted by atomic mass is 10.1. The Labute approximate surface area is 170 Å². The number of aromatic nitrogens is 2. The van der Waals surface area contributed by atoms with E-state index < -0.39 is 0 Å². The van der Waals surface area contributed by atoms with Crippen LogP contribution >= 0.6 is 0 Å². The normalized spacial score (nSPS) is 17.4. The lowest BCUT2D eigenvalue weighted by Gasteiger charge is -2.32. The van der Waals surface area contributed by atoms with E-state index in [1.165, 1.54) is 0 Å². The topological polar surface area (TPSA) is 75.6 Å². The first-order valence-corrected chi connectivity index (χ1v) is 10.3. The molecule has 29 heavy (non-hydrogen) atoms. The number of carbonyl (C=O) groups is 2. The molecule has 0 radical (unpaired) electrons. The minimum Gasteiger partial charge on any atom is -0.489 e. The van der Waals surface area contributed by atoms with Crippen LogP contribution in [-0.4, -0.2) is 63.9 Å². The Balaban J connectivity index is 1.33. The highest BCUT2D eigenvalue weighted by atomic mass is 16.5. The Morgan fingerprint density at radius 2 is 1.76 bits per heavy atom. The highest BCUT2D eigenvalue weighted by molar-refractivity contribution is 5.97. The van der Waals surface area contributed by atoms with Crippen LogP contribution in [0.2, 0.25) is 0 Å². The second-order valence-electron chi connectivity index (χ2n) is 7.57. The van der Waals surface area contributed by atoms with E-state index in [0.717, 1.165) is 38.8 Å². The molecule has 2 aliphatic heterocycles. The Morgan fingerprint density at radius 3 is 2.48 bits per heavy atom. The van der Waals surface area contributed by atoms with E-state index in [-0.39, 0.29) is 24.3 Å². The van der Waals surface area contributed by atoms with Crippen LogP contribution in [0.5, 0.6) is 5.75 Å². The quantitative estimate of drug-likeness (QED) is 0.778. The van der Waals surface area contributed by atoms with E-state index in [1.54, 1.807) is 18.6 Å². The molecular weight excluding hydrogens is 368 g/mol. The summed E-state index contributed by atoms with van der Waals surface area (Å²) in [4.78, 5) is 37.2. The molecule has 7 heteroatoms. The number of hydrogen-bond acceptors (Lipinski definition) is 5. The number of para-hydroxylation sites is 1. The molecule has 0 saturated carbocycles. The number of nitrogens with zero attached hydrogens (tertiary/aromatic N) is 4. The van der Waals surface area contributed by atoms with Crippen molar-refractivity contribution in [2.45, 2.75) is 38.2 Å². The zero-order chi connectivity index (χ0) is 20.1. The van der Waals surface area contributed by atoms with E-state index in [1.807, 2.05) is 34.1 Å². The molecule has 152 valence electrons. The van der Waals surface area contributed by atoms with Crippen LogP contribution < -0.4 is 4.74 Å². The Kier molecular flexibility index (Phi) is 6.03. The molecule has 2 saturated heterocycles. The van der Waals surface area contributed by atoms with Gasteiger partial charge in [0, 0.05) is 57.6 Å². The highest BCUT2D eigenvalue weighted by Gasteiger charge is 2.27. The smallest absolute Gasteiger partial charge is 0.257 e. The van der Waals surface area contributed by atoms with Crippen LogP contribution in [0.4, 0.5) is 0 Å². The van der Waals surface area contributed by atoms with Crippen molar-refractivity contribution in [1.82, 2.24) is 19.8 Å². The molecule has 7 nitrogen and oxygen atoms in total. The average molecular weight is 394 g/mol. The summed E-state index contributed by atoms with van der Waals surface area (Å²) in [6.45, 7) is 2.93. The Morgan fingerprint density at radius 1 is 1.00 bits per heavy atom. The first kappa shape index (κ1) is 19.4. The average Bonchev–Trinajstić information content (AvgIpc) is 3.30. The predicted octanol–water partition coefficient (Wildman–Crippen LogP) is 2.33. The molecule has 2 aromatic rings. The predicted molar refractivity (Wildman–Crippen MR) is 108 cm³/mol. The van der Waals surface area contributed by atoms with E-state index in [9.17, 15) is 9.59 Å². The number of ether oxygens (including phenoxy) is 1. The van der Waals surface area contributed by atoms with Crippen molar-refractivity contribution in [2.24, 2.45) is 0 Å². The van der Waals surface area contributed by atoms with Crippen molar-refractivity contribution in [2.75, 3.05) is 26.2 Å². The van der Waals surface area contributed by atoms with Gasteiger partial charge in [0.15, 0.2) is 0 Å². The van der Waals surface area contributed by atoms with Crippen LogP contribution in [0, 0.1) is 0 Å². The largest absolute Gasteiger partial charge is 0.489 e. The third-order valence-corrected chi connectivity index (χ3v) is 5.55. The minimum absolute atomic E-state index is 0.00287. The maximum atomic E-state index is 12.8. The summed E-state index contributed by atoms with van der Waals surface area (Å²) in [5.41, 5.74) is 1.32. The van der Waals surface area contributed by atoms with E-state index in [2.05, 4.69) is 9.97 Å². The summed E-state index contributed by atoms with van der Waals surface area (Å²) in [7, 11) is 0. The molecule has 3 heterocycles. The summed E-state index contributed by atoms with van der Waals surface area (Å²) >= 11 is 0. The summed E-state index contributed by atoms with van der Waals surface area (Å²) in [5, 5.41) is 0. The van der Waals surface area contributed by atoms with Gasteiger partial charge in [-0.05, 0) is 25.0 Å². The first-order valence-electron chi connectivity index (χ1n) is 10.3. The molecule has 0 bridgehead atoms. The van der Waals surface area contributed by atoms with Crippen molar-refractivity contribution >= 4 is 11.8 Å². The van der Waals surface area contributed by atoms with Gasteiger partial charge in [0.05, 0.1) is 17.7 Å². The van der Waals surface area contributed by atoms with Crippen LogP contribution in [0.25, 0.3) is 0 Å². The second-order valence-corrected chi connectivity index (χ2v) is 7.57. The third kappa shape index (κ3) is 4.72. The van der Waals surface area contributed by atoms with Gasteiger partial charge >= 0.3 is 0 Å². The SMILES string of the molecule is O=C(Cc1cnccn1)N1CCC(Oc2ccccc2C(=O)N2CCCC2)CC1. The van der Waals surface area contributed by atoms with Gasteiger partial charge in [0.25, 0.3) is 5.91 Å². The number of hydrogen-bond donors (Lipinski definition) is 0. The monoisotopic (exact) mass is 394 g/mol. The standard InChI is InChI=1S/C22H26N4O3/c27-21(15-17-16-23-9-10-24-17)25-13-7-18(8-14-25)29-20-6-2-1-5-19(20)22(28)26-11-3-4-12-26/h1-2,5-6,9-10,16,18H,3-4,7-8,11-15H2. The summed E-state index contributed by atoms with van der Waals surface area (Å²) in [5.74, 6) is 0.761. The molecule has 0 atom stereocenters. The lowest BCUT2D eigenvalue weighted by Crippen LogP contribution is -2.42. The summed E-state index contributed by atoms with van der Waals surface area (Å²) in [6, 6.07) is 7.49. The molecule has 4 rings (SSSR count). The summed E-state index contributed by atoms with van der Waals surface area (Å²) in [6.07, 6.45) is 8.73. The molecule has 0 N–H and O–H groups in total. The van der Waals surface area contributed by atoms with Gasteiger partial charge in [0.2, 0.25) is 5.91 Å². The van der Waals surface area contributed by atoms with Gasteiger partial charge in [-0.1, -0.05) is 12.1 Å². The number of benzene rings is 1. The Hall–Kier alpha value is -2.96. The molecule has 1 aromatic heterocycles. The van der Waals surface area contributed by atoms with Crippen molar-refractivity contribution < 1.29 is 14.3 Å². The van der Waals surface area contributed by atoms with Crippen LogP contribution in [-0.2, 0) is 11.2 Å². The van der Waals surface area contributed by atoms with Gasteiger partial charge < -0.3 is 14.5 Å². The fourth-order valence-electron chi connectivity index (χ4n) is 3.93. The van der Waals surface area contributed by atoms with Crippen molar-refractivity contribution in [3.05, 3.63) is 54.1 Å². The minimum atomic E-state index is 0.00287. The third-order valence-electron chi connectivity index (χ3n) is 5.55. The number of rotatable bonds is 5. The number of piperidine rings is 1. The fraction of sp³-hybridized carbons (Fsp3) is 0.455. The van der Waals surface area contributed by atoms with Gasteiger partial charge in [-0.25, -0.2) is 0 Å². The van der Waals surface area contributed by atoms with Crippen molar-refractivity contribution in [3.8, 4) is 5.75 Å². The van der Waals surface area contributed by atoms with Crippen LogP contribution in [0.15, 0.2) is 42.9 Å². The molecule has 2 amide bonds. The number of likely N-dealkylation sites (tertiary alicyclic amines) is 2. The van der Waals surface area contributed by atoms with Gasteiger partial charge in [0.1, 0.15) is 11.9 Å². The van der Waals surface area contributed by atoms with E-state index in [0.29, 0.717) is 30.1 Å². The molecular formula is C22H26N4O3. The molecule has 0 aliphatic carbocycles. The fourth-order valence-corrected chi connectivity index (χ4v) is 3.93. The lowest BCUT2D eigenvalue weighted by molar-refractivity contribution is -0.132. The maximum absolute atomic E-state index is 12.8. The molecule has 2 aliphatic rings. The maximum Gasteiger partial charge on any atom is 0.257 e. The second kappa shape index (κ2) is 9.03. The van der Waals surface area contributed by atoms with Gasteiger partial charge in [-0.3, -0.25) is 19.6 Å². The van der Waals surface area contributed by atoms with Gasteiger partial charge in [-0.2, -0.15) is 0 Å². The number of amides is 2. The van der Waals surface area contributed by atoms with E-state index >= 15 is 0 Å². The first-order chi connectivity index (χ1) is 14.2. The Bertz CT molecular complexity index is 844. The molecule has 1 aromatic carbocycles. The van der Waals surface area contributed by atoms with Gasteiger partial charge in [-0.15, -0.1) is 0 Å². The zero-order valence-electron chi connectivity index (χ0n) is 16.5. The molecule has 2 fully saturated rings. The zero-order valence-corrected chi connectivity index (χ0v) is 16.5. The number of carbonyl (C=O) groups excluding carboxylic acids is 2. The van der Waals surface area contributed by atoms with Crippen molar-refractivity contribution in [1.29, 1.82) is 0 Å². The highest BCUT2D eigenvalue weighted by Crippen LogP contribution is 2.25.